The van der Waals surface area contributed by atoms with Crippen molar-refractivity contribution in [2.75, 3.05) is 18.1 Å². The lowest BCUT2D eigenvalue weighted by Crippen LogP contribution is -2.50. The Labute approximate surface area is 184 Å². The minimum absolute atomic E-state index is 0.223. The van der Waals surface area contributed by atoms with E-state index in [1.807, 2.05) is 53.1 Å². The van der Waals surface area contributed by atoms with Gasteiger partial charge in [0.05, 0.1) is 23.7 Å². The summed E-state index contributed by atoms with van der Waals surface area (Å²) in [6.45, 7) is 4.57. The van der Waals surface area contributed by atoms with Crippen LogP contribution in [0.3, 0.4) is 0 Å². The van der Waals surface area contributed by atoms with E-state index in [1.54, 1.807) is 11.8 Å². The summed E-state index contributed by atoms with van der Waals surface area (Å²) in [6.07, 6.45) is 1.76. The van der Waals surface area contributed by atoms with E-state index in [4.69, 9.17) is 9.72 Å². The molecule has 4 rings (SSSR count). The largest absolute Gasteiger partial charge is 0.465 e. The number of unbranched alkanes of at least 4 members (excludes halogenated alkanes) is 1. The third-order valence-corrected chi connectivity index (χ3v) is 5.90. The maximum atomic E-state index is 13.6. The molecule has 0 radical (unpaired) electrons. The number of ether oxygens (including phenoxy) is 1. The molecule has 0 fully saturated rings. The van der Waals surface area contributed by atoms with Gasteiger partial charge in [0, 0.05) is 11.0 Å². The van der Waals surface area contributed by atoms with Crippen LogP contribution in [-0.4, -0.2) is 34.6 Å². The maximum Gasteiger partial charge on any atom is 0.321 e. The Morgan fingerprint density at radius 3 is 2.70 bits per heavy atom. The Morgan fingerprint density at radius 1 is 1.17 bits per heavy atom. The molecule has 7 heteroatoms. The number of benzene rings is 2. The van der Waals surface area contributed by atoms with Crippen molar-refractivity contribution < 1.29 is 14.3 Å². The number of imidazole rings is 1. The number of nitrogens with zero attached hydrogens (tertiary/aromatic N) is 3. The third kappa shape index (κ3) is 3.51. The van der Waals surface area contributed by atoms with Gasteiger partial charge >= 0.3 is 5.97 Å². The number of aromatic nitrogens is 2. The van der Waals surface area contributed by atoms with Crippen LogP contribution in [0.25, 0.3) is 11.0 Å². The van der Waals surface area contributed by atoms with Crippen molar-refractivity contribution in [1.82, 2.24) is 9.55 Å². The average Bonchev–Trinajstić information content (AvgIpc) is 3.11. The third-order valence-electron chi connectivity index (χ3n) is 5.41. The Bertz CT molecular complexity index is 1090. The molecule has 0 spiro atoms. The maximum absolute atomic E-state index is 13.6. The molecular weight excluding hydrogens is 446 g/mol. The summed E-state index contributed by atoms with van der Waals surface area (Å²) in [5, 5.41) is 0. The summed E-state index contributed by atoms with van der Waals surface area (Å²) in [5.74, 6) is -1.14. The van der Waals surface area contributed by atoms with E-state index in [0.717, 1.165) is 33.9 Å². The van der Waals surface area contributed by atoms with Crippen LogP contribution < -0.4 is 4.90 Å². The summed E-state index contributed by atoms with van der Waals surface area (Å²) < 4.78 is 8.27. The predicted octanol–water partition coefficient (Wildman–Crippen LogP) is 4.71. The van der Waals surface area contributed by atoms with Crippen molar-refractivity contribution in [1.29, 1.82) is 0 Å². The summed E-state index contributed by atoms with van der Waals surface area (Å²) in [5.41, 5.74) is 2.54. The van der Waals surface area contributed by atoms with Gasteiger partial charge in [0.25, 0.3) is 0 Å². The lowest BCUT2D eigenvalue weighted by Gasteiger charge is -2.38. The summed E-state index contributed by atoms with van der Waals surface area (Å²) >= 11 is 3.52. The van der Waals surface area contributed by atoms with Crippen molar-refractivity contribution in [3.63, 3.8) is 0 Å². The first-order valence-electron chi connectivity index (χ1n) is 10.3. The minimum Gasteiger partial charge on any atom is -0.465 e. The molecule has 30 heavy (non-hydrogen) atoms. The zero-order valence-electron chi connectivity index (χ0n) is 17.0. The van der Waals surface area contributed by atoms with Crippen LogP contribution in [0.15, 0.2) is 53.0 Å². The molecule has 3 aromatic rings. The van der Waals surface area contributed by atoms with Gasteiger partial charge in [-0.1, -0.05) is 53.5 Å². The van der Waals surface area contributed by atoms with Gasteiger partial charge in [0.15, 0.2) is 5.92 Å². The monoisotopic (exact) mass is 469 g/mol. The predicted molar refractivity (Wildman–Crippen MR) is 119 cm³/mol. The number of hydrogen-bond donors (Lipinski definition) is 0. The van der Waals surface area contributed by atoms with Crippen molar-refractivity contribution in [2.24, 2.45) is 5.92 Å². The normalized spacial score (nSPS) is 18.5. The van der Waals surface area contributed by atoms with Gasteiger partial charge < -0.3 is 9.30 Å². The highest BCUT2D eigenvalue weighted by atomic mass is 79.9. The molecule has 1 amide bonds. The van der Waals surface area contributed by atoms with Crippen molar-refractivity contribution in [3.8, 4) is 0 Å². The van der Waals surface area contributed by atoms with Crippen LogP contribution in [0.4, 0.5) is 5.95 Å². The number of carbonyl (C=O) groups is 2. The number of halogens is 1. The van der Waals surface area contributed by atoms with Gasteiger partial charge in [-0.15, -0.1) is 0 Å². The Morgan fingerprint density at radius 2 is 1.97 bits per heavy atom. The molecule has 1 aromatic heterocycles. The molecule has 0 aliphatic carbocycles. The minimum atomic E-state index is -0.971. The van der Waals surface area contributed by atoms with Crippen LogP contribution in [0.1, 0.15) is 38.3 Å². The standard InChI is InChI=1S/C23H24BrN3O3/c1-3-5-13-26-21(28)19(22(29)30-4-2)20(15-9-8-10-16(24)14-15)27-18-12-7-6-11-17(18)25-23(26)27/h6-12,14,19-20H,3-5,13H2,1-2H3/t19-,20-/m0/s1. The van der Waals surface area contributed by atoms with E-state index < -0.39 is 17.9 Å². The zero-order chi connectivity index (χ0) is 21.3. The lowest BCUT2D eigenvalue weighted by molar-refractivity contribution is -0.153. The van der Waals surface area contributed by atoms with Gasteiger partial charge in [-0.25, -0.2) is 4.98 Å². The summed E-state index contributed by atoms with van der Waals surface area (Å²) in [6, 6.07) is 15.0. The first-order valence-corrected chi connectivity index (χ1v) is 11.1. The van der Waals surface area contributed by atoms with Crippen molar-refractivity contribution in [3.05, 3.63) is 58.6 Å². The highest BCUT2D eigenvalue weighted by Crippen LogP contribution is 2.41. The summed E-state index contributed by atoms with van der Waals surface area (Å²) in [7, 11) is 0. The number of para-hydroxylation sites is 2. The van der Waals surface area contributed by atoms with Crippen molar-refractivity contribution >= 4 is 44.8 Å². The molecule has 0 bridgehead atoms. The molecule has 0 saturated heterocycles. The van der Waals surface area contributed by atoms with Gasteiger partial charge in [-0.05, 0) is 43.2 Å². The number of carbonyl (C=O) groups excluding carboxylic acids is 2. The number of hydrogen-bond acceptors (Lipinski definition) is 4. The first kappa shape index (κ1) is 20.6. The van der Waals surface area contributed by atoms with E-state index in [0.29, 0.717) is 12.5 Å². The fourth-order valence-electron chi connectivity index (χ4n) is 4.07. The van der Waals surface area contributed by atoms with Crippen LogP contribution in [0, 0.1) is 5.92 Å². The molecule has 0 unspecified atom stereocenters. The van der Waals surface area contributed by atoms with Gasteiger partial charge in [0.2, 0.25) is 11.9 Å². The number of amides is 1. The molecule has 2 heterocycles. The van der Waals surface area contributed by atoms with Crippen LogP contribution >= 0.6 is 15.9 Å². The van der Waals surface area contributed by atoms with E-state index in [2.05, 4.69) is 22.9 Å². The van der Waals surface area contributed by atoms with Gasteiger partial charge in [-0.3, -0.25) is 14.5 Å². The van der Waals surface area contributed by atoms with Gasteiger partial charge in [0.1, 0.15) is 0 Å². The lowest BCUT2D eigenvalue weighted by atomic mass is 9.89. The molecule has 0 N–H and O–H groups in total. The number of fused-ring (bicyclic) bond motifs is 3. The average molecular weight is 470 g/mol. The van der Waals surface area contributed by atoms with E-state index in [-0.39, 0.29) is 12.5 Å². The molecule has 1 aliphatic rings. The molecule has 2 aromatic carbocycles. The van der Waals surface area contributed by atoms with Crippen LogP contribution in [0.2, 0.25) is 0 Å². The van der Waals surface area contributed by atoms with Crippen LogP contribution in [0.5, 0.6) is 0 Å². The van der Waals surface area contributed by atoms with Crippen molar-refractivity contribution in [2.45, 2.75) is 32.7 Å². The molecule has 0 saturated carbocycles. The quantitative estimate of drug-likeness (QED) is 0.387. The zero-order valence-corrected chi connectivity index (χ0v) is 18.6. The van der Waals surface area contributed by atoms with E-state index >= 15 is 0 Å². The Hall–Kier alpha value is -2.67. The van der Waals surface area contributed by atoms with Crippen LogP contribution in [-0.2, 0) is 14.3 Å². The topological polar surface area (TPSA) is 64.4 Å². The smallest absolute Gasteiger partial charge is 0.321 e. The summed E-state index contributed by atoms with van der Waals surface area (Å²) in [4.78, 5) is 33.1. The van der Waals surface area contributed by atoms with E-state index in [1.165, 1.54) is 0 Å². The second kappa shape index (κ2) is 8.60. The second-order valence-corrected chi connectivity index (χ2v) is 8.26. The number of rotatable bonds is 6. The Balaban J connectivity index is 1.98. The molecule has 1 aliphatic heterocycles. The highest BCUT2D eigenvalue weighted by Gasteiger charge is 2.47. The number of esters is 1. The molecule has 6 nitrogen and oxygen atoms in total. The van der Waals surface area contributed by atoms with E-state index in [9.17, 15) is 9.59 Å². The molecule has 156 valence electrons. The first-order chi connectivity index (χ1) is 14.6. The molecule has 2 atom stereocenters. The SMILES string of the molecule is CCCCN1C(=O)[C@@H](C(=O)OCC)[C@H](c2cccc(Br)c2)n2c1nc1ccccc12. The Kier molecular flexibility index (Phi) is 5.90. The fourth-order valence-corrected chi connectivity index (χ4v) is 4.48. The molecular formula is C23H24BrN3O3. The highest BCUT2D eigenvalue weighted by molar-refractivity contribution is 9.10. The number of anilines is 1. The van der Waals surface area contributed by atoms with Gasteiger partial charge in [-0.2, -0.15) is 0 Å². The fraction of sp³-hybridized carbons (Fsp3) is 0.348. The second-order valence-electron chi connectivity index (χ2n) is 7.34.